The number of rotatable bonds is 12. The number of carbonyl (C=O) groups excluding carboxylic acids is 1. The highest BCUT2D eigenvalue weighted by Crippen LogP contribution is 2.29. The number of aromatic nitrogens is 5. The summed E-state index contributed by atoms with van der Waals surface area (Å²) in [6, 6.07) is 7.70. The number of fused-ring (bicyclic) bond motifs is 2. The smallest absolute Gasteiger partial charge is 0.254 e. The van der Waals surface area contributed by atoms with Gasteiger partial charge in [0, 0.05) is 56.6 Å². The van der Waals surface area contributed by atoms with Crippen LogP contribution in [0.4, 0.5) is 11.8 Å². The van der Waals surface area contributed by atoms with E-state index in [-0.39, 0.29) is 24.5 Å². The topological polar surface area (TPSA) is 144 Å². The molecule has 0 saturated carbocycles. The molecule has 1 saturated heterocycles. The molecule has 1 aromatic carbocycles. The summed E-state index contributed by atoms with van der Waals surface area (Å²) in [6.45, 7) is 4.81. The third-order valence-electron chi connectivity index (χ3n) is 7.34. The first kappa shape index (κ1) is 26.8. The number of nitrogens with zero attached hydrogens (tertiary/aromatic N) is 6. The van der Waals surface area contributed by atoms with Crippen LogP contribution in [0.1, 0.15) is 48.5 Å². The van der Waals surface area contributed by atoms with Gasteiger partial charge >= 0.3 is 0 Å². The lowest BCUT2D eigenvalue weighted by Crippen LogP contribution is -2.50. The van der Waals surface area contributed by atoms with Crippen LogP contribution in [-0.2, 0) is 11.3 Å². The Morgan fingerprint density at radius 3 is 2.87 bits per heavy atom. The predicted molar refractivity (Wildman–Crippen MR) is 150 cm³/mol. The van der Waals surface area contributed by atoms with Gasteiger partial charge in [-0.2, -0.15) is 10.1 Å². The summed E-state index contributed by atoms with van der Waals surface area (Å²) in [5.41, 5.74) is 9.71. The second kappa shape index (κ2) is 11.9. The highest BCUT2D eigenvalue weighted by Gasteiger charge is 2.31. The normalized spacial score (nSPS) is 14.6. The maximum Gasteiger partial charge on any atom is 0.254 e. The van der Waals surface area contributed by atoms with E-state index in [1.807, 2.05) is 33.8 Å². The van der Waals surface area contributed by atoms with Crippen LogP contribution in [0, 0.1) is 5.92 Å². The molecule has 1 aliphatic heterocycles. The third-order valence-corrected chi connectivity index (χ3v) is 7.34. The van der Waals surface area contributed by atoms with Crippen molar-refractivity contribution in [1.82, 2.24) is 29.6 Å². The maximum absolute atomic E-state index is 13.3. The zero-order valence-corrected chi connectivity index (χ0v) is 22.5. The van der Waals surface area contributed by atoms with Gasteiger partial charge in [-0.05, 0) is 42.9 Å². The molecule has 4 N–H and O–H groups in total. The minimum absolute atomic E-state index is 0.0268. The molecule has 4 aromatic rings. The first-order valence-electron chi connectivity index (χ1n) is 13.5. The fraction of sp³-hybridized carbons (Fsp3) is 0.464. The van der Waals surface area contributed by atoms with E-state index in [0.29, 0.717) is 42.4 Å². The number of amides is 1. The van der Waals surface area contributed by atoms with Gasteiger partial charge in [0.1, 0.15) is 11.0 Å². The van der Waals surface area contributed by atoms with Crippen LogP contribution in [-0.4, -0.2) is 80.1 Å². The van der Waals surface area contributed by atoms with Crippen LogP contribution in [0.15, 0.2) is 36.7 Å². The Balaban J connectivity index is 1.45. The van der Waals surface area contributed by atoms with E-state index < -0.39 is 0 Å². The van der Waals surface area contributed by atoms with Gasteiger partial charge < -0.3 is 25.8 Å². The fourth-order valence-corrected chi connectivity index (χ4v) is 5.30. The average Bonchev–Trinajstić information content (AvgIpc) is 3.30. The van der Waals surface area contributed by atoms with Crippen molar-refractivity contribution in [2.24, 2.45) is 5.92 Å². The number of nitrogen functional groups attached to an aromatic ring is 1. The molecule has 5 rings (SSSR count). The number of nitrogens with one attached hydrogen (secondary N) is 1. The molecule has 0 bridgehead atoms. The van der Waals surface area contributed by atoms with E-state index >= 15 is 0 Å². The van der Waals surface area contributed by atoms with Gasteiger partial charge in [-0.25, -0.2) is 4.98 Å². The summed E-state index contributed by atoms with van der Waals surface area (Å²) in [7, 11) is 1.70. The number of aliphatic hydroxyl groups is 1. The molecule has 1 aliphatic rings. The van der Waals surface area contributed by atoms with Crippen molar-refractivity contribution in [3.63, 3.8) is 0 Å². The van der Waals surface area contributed by atoms with Crippen molar-refractivity contribution in [1.29, 1.82) is 0 Å². The van der Waals surface area contributed by atoms with Gasteiger partial charge in [-0.3, -0.25) is 14.5 Å². The molecule has 0 spiro atoms. The zero-order chi connectivity index (χ0) is 27.4. The molecule has 11 nitrogen and oxygen atoms in total. The Bertz CT molecular complexity index is 1440. The number of methoxy groups -OCH3 is 1. The Morgan fingerprint density at radius 1 is 1.26 bits per heavy atom. The lowest BCUT2D eigenvalue weighted by Gasteiger charge is -2.39. The van der Waals surface area contributed by atoms with E-state index in [1.54, 1.807) is 19.5 Å². The van der Waals surface area contributed by atoms with E-state index in [0.717, 1.165) is 54.3 Å². The van der Waals surface area contributed by atoms with Crippen LogP contribution in [0.25, 0.3) is 21.9 Å². The fourth-order valence-electron chi connectivity index (χ4n) is 5.30. The van der Waals surface area contributed by atoms with Crippen LogP contribution in [0.3, 0.4) is 0 Å². The maximum atomic E-state index is 13.3. The number of benzene rings is 1. The van der Waals surface area contributed by atoms with Crippen molar-refractivity contribution in [2.45, 2.75) is 45.2 Å². The SMILES string of the molecule is CCCC(CCO)Nc1nc(N)nc2cnn(Cc3ccc(C(=O)N4CC(CCOC)C4)c4cccnc34)c12. The van der Waals surface area contributed by atoms with Crippen molar-refractivity contribution < 1.29 is 14.6 Å². The molecule has 206 valence electrons. The first-order chi connectivity index (χ1) is 19.0. The number of aliphatic hydroxyl groups excluding tert-OH is 1. The largest absolute Gasteiger partial charge is 0.396 e. The Morgan fingerprint density at radius 2 is 2.10 bits per heavy atom. The van der Waals surface area contributed by atoms with Crippen molar-refractivity contribution in [3.8, 4) is 0 Å². The van der Waals surface area contributed by atoms with Crippen molar-refractivity contribution in [3.05, 3.63) is 47.8 Å². The summed E-state index contributed by atoms with van der Waals surface area (Å²) in [5, 5.41) is 18.4. The number of likely N-dealkylation sites (tertiary alicyclic amines) is 1. The Kier molecular flexibility index (Phi) is 8.18. The van der Waals surface area contributed by atoms with Gasteiger partial charge in [0.05, 0.1) is 18.3 Å². The highest BCUT2D eigenvalue weighted by atomic mass is 16.5. The minimum Gasteiger partial charge on any atom is -0.396 e. The molecule has 1 fully saturated rings. The number of hydrogen-bond donors (Lipinski definition) is 3. The highest BCUT2D eigenvalue weighted by molar-refractivity contribution is 6.07. The quantitative estimate of drug-likeness (QED) is 0.251. The van der Waals surface area contributed by atoms with Gasteiger partial charge in [0.15, 0.2) is 5.82 Å². The van der Waals surface area contributed by atoms with E-state index in [1.165, 1.54) is 0 Å². The molecule has 1 amide bonds. The Hall–Kier alpha value is -3.83. The molecule has 39 heavy (non-hydrogen) atoms. The molecule has 0 aliphatic carbocycles. The number of anilines is 2. The third kappa shape index (κ3) is 5.64. The summed E-state index contributed by atoms with van der Waals surface area (Å²) in [4.78, 5) is 28.7. The zero-order valence-electron chi connectivity index (χ0n) is 22.5. The first-order valence-corrected chi connectivity index (χ1v) is 13.5. The number of hydrogen-bond acceptors (Lipinski definition) is 9. The summed E-state index contributed by atoms with van der Waals surface area (Å²) in [5.74, 6) is 1.26. The second-order valence-electron chi connectivity index (χ2n) is 10.1. The minimum atomic E-state index is 0.0268. The lowest BCUT2D eigenvalue weighted by atomic mass is 9.94. The number of pyridine rings is 1. The van der Waals surface area contributed by atoms with Crippen LogP contribution >= 0.6 is 0 Å². The van der Waals surface area contributed by atoms with Crippen LogP contribution in [0.5, 0.6) is 0 Å². The van der Waals surface area contributed by atoms with E-state index in [4.69, 9.17) is 10.5 Å². The van der Waals surface area contributed by atoms with E-state index in [2.05, 4.69) is 32.3 Å². The summed E-state index contributed by atoms with van der Waals surface area (Å²) >= 11 is 0. The van der Waals surface area contributed by atoms with Crippen molar-refractivity contribution >= 4 is 39.6 Å². The van der Waals surface area contributed by atoms with Gasteiger partial charge in [0.25, 0.3) is 5.91 Å². The molecule has 1 atom stereocenters. The Labute approximate surface area is 227 Å². The lowest BCUT2D eigenvalue weighted by molar-refractivity contribution is 0.0426. The van der Waals surface area contributed by atoms with Crippen molar-refractivity contribution in [2.75, 3.05) is 44.5 Å². The molecule has 3 aromatic heterocycles. The van der Waals surface area contributed by atoms with Crippen LogP contribution < -0.4 is 11.1 Å². The van der Waals surface area contributed by atoms with Gasteiger partial charge in [0.2, 0.25) is 5.95 Å². The molecule has 1 unspecified atom stereocenters. The molecule has 0 radical (unpaired) electrons. The summed E-state index contributed by atoms with van der Waals surface area (Å²) < 4.78 is 7.01. The summed E-state index contributed by atoms with van der Waals surface area (Å²) in [6.07, 6.45) is 6.83. The molecule has 11 heteroatoms. The number of nitrogens with two attached hydrogens (primary N) is 1. The number of carbonyl (C=O) groups is 1. The molecular weight excluding hydrogens is 496 g/mol. The average molecular weight is 533 g/mol. The molecule has 4 heterocycles. The predicted octanol–water partition coefficient (Wildman–Crippen LogP) is 3.08. The van der Waals surface area contributed by atoms with E-state index in [9.17, 15) is 9.90 Å². The number of ether oxygens (including phenoxy) is 1. The van der Waals surface area contributed by atoms with Crippen LogP contribution in [0.2, 0.25) is 0 Å². The standard InChI is InChI=1S/C28H36N8O3/c1-3-5-20(9-12-37)32-26-25-23(33-28(29)34-26)14-31-36(25)17-19-7-8-22(21-6-4-11-30-24(19)21)27(38)35-15-18(16-35)10-13-39-2/h4,6-8,11,14,18,20,37H,3,5,9-10,12-13,15-17H2,1-2H3,(H3,29,32,33,34). The van der Waals surface area contributed by atoms with Gasteiger partial charge in [-0.15, -0.1) is 0 Å². The van der Waals surface area contributed by atoms with Gasteiger partial charge in [-0.1, -0.05) is 25.5 Å². The molecular formula is C28H36N8O3. The monoisotopic (exact) mass is 532 g/mol. The second-order valence-corrected chi connectivity index (χ2v) is 10.1.